The number of hydrogen-bond acceptors (Lipinski definition) is 5. The second-order valence-electron chi connectivity index (χ2n) is 6.78. The Labute approximate surface area is 179 Å². The highest BCUT2D eigenvalue weighted by atomic mass is 32.2. The predicted molar refractivity (Wildman–Crippen MR) is 119 cm³/mol. The lowest BCUT2D eigenvalue weighted by molar-refractivity contribution is 0.0942. The Morgan fingerprint density at radius 2 is 1.60 bits per heavy atom. The molecule has 0 saturated heterocycles. The largest absolute Gasteiger partial charge is 0.350 e. The number of anilines is 2. The van der Waals surface area contributed by atoms with Crippen LogP contribution in [0.1, 0.15) is 34.6 Å². The molecule has 2 amide bonds. The predicted octanol–water partition coefficient (Wildman–Crippen LogP) is 3.94. The first-order chi connectivity index (χ1) is 14.2. The Kier molecular flexibility index (Phi) is 6.53. The van der Waals surface area contributed by atoms with Crippen LogP contribution in [0.4, 0.5) is 11.4 Å². The number of carbonyl (C=O) groups excluding carboxylic acids is 2. The first-order valence-corrected chi connectivity index (χ1v) is 11.5. The van der Waals surface area contributed by atoms with Crippen LogP contribution in [0, 0.1) is 0 Å². The number of benzene rings is 2. The molecule has 2 aromatic carbocycles. The smallest absolute Gasteiger partial charge is 0.271 e. The Morgan fingerprint density at radius 3 is 2.23 bits per heavy atom. The van der Waals surface area contributed by atoms with E-state index < -0.39 is 15.9 Å². The van der Waals surface area contributed by atoms with E-state index in [-0.39, 0.29) is 21.8 Å². The molecule has 0 spiro atoms. The Hall–Kier alpha value is -3.17. The number of amides is 2. The van der Waals surface area contributed by atoms with Crippen LogP contribution in [0.3, 0.4) is 0 Å². The van der Waals surface area contributed by atoms with Crippen molar-refractivity contribution < 1.29 is 18.0 Å². The van der Waals surface area contributed by atoms with E-state index in [0.717, 1.165) is 11.3 Å². The van der Waals surface area contributed by atoms with Crippen molar-refractivity contribution in [3.8, 4) is 0 Å². The molecule has 0 radical (unpaired) electrons. The standard InChI is InChI=1S/C21H21N3O4S2/c1-14(2)22-20(25)15-8-10-17(11-9-15)23-21(26)16-5-3-6-18(13-16)24-30(27,28)19-7-4-12-29-19/h3-14,24H,1-2H3,(H,22,25)(H,23,26). The third kappa shape index (κ3) is 5.46. The zero-order chi connectivity index (χ0) is 21.7. The highest BCUT2D eigenvalue weighted by Crippen LogP contribution is 2.21. The summed E-state index contributed by atoms with van der Waals surface area (Å²) in [6.07, 6.45) is 0. The van der Waals surface area contributed by atoms with E-state index >= 15 is 0 Å². The van der Waals surface area contributed by atoms with Crippen LogP contribution in [0.15, 0.2) is 70.3 Å². The summed E-state index contributed by atoms with van der Waals surface area (Å²) in [5.74, 6) is -0.583. The van der Waals surface area contributed by atoms with Crippen molar-refractivity contribution in [1.82, 2.24) is 5.32 Å². The van der Waals surface area contributed by atoms with Gasteiger partial charge in [-0.15, -0.1) is 11.3 Å². The number of carbonyl (C=O) groups is 2. The second-order valence-corrected chi connectivity index (χ2v) is 9.63. The maximum absolute atomic E-state index is 12.6. The average Bonchev–Trinajstić information content (AvgIpc) is 3.24. The third-order valence-corrected chi connectivity index (χ3v) is 6.74. The van der Waals surface area contributed by atoms with E-state index in [1.54, 1.807) is 53.9 Å². The lowest BCUT2D eigenvalue weighted by atomic mass is 10.1. The minimum Gasteiger partial charge on any atom is -0.350 e. The molecule has 1 heterocycles. The lowest BCUT2D eigenvalue weighted by Gasteiger charge is -2.10. The quantitative estimate of drug-likeness (QED) is 0.514. The average molecular weight is 444 g/mol. The molecule has 0 bridgehead atoms. The lowest BCUT2D eigenvalue weighted by Crippen LogP contribution is -2.30. The highest BCUT2D eigenvalue weighted by Gasteiger charge is 2.16. The minimum atomic E-state index is -3.69. The van der Waals surface area contributed by atoms with E-state index in [2.05, 4.69) is 15.4 Å². The topological polar surface area (TPSA) is 104 Å². The maximum atomic E-state index is 12.6. The summed E-state index contributed by atoms with van der Waals surface area (Å²) in [6.45, 7) is 3.75. The molecule has 156 valence electrons. The van der Waals surface area contributed by atoms with Crippen LogP contribution in [0.2, 0.25) is 0 Å². The van der Waals surface area contributed by atoms with E-state index in [1.165, 1.54) is 12.1 Å². The molecule has 0 atom stereocenters. The molecule has 3 rings (SSSR count). The molecule has 9 heteroatoms. The summed E-state index contributed by atoms with van der Waals surface area (Å²) in [4.78, 5) is 24.6. The van der Waals surface area contributed by atoms with Crippen molar-refractivity contribution in [1.29, 1.82) is 0 Å². The molecule has 0 aliphatic carbocycles. The molecule has 0 fully saturated rings. The van der Waals surface area contributed by atoms with Gasteiger partial charge in [0.15, 0.2) is 0 Å². The number of rotatable bonds is 7. The molecule has 0 aliphatic heterocycles. The van der Waals surface area contributed by atoms with E-state index in [9.17, 15) is 18.0 Å². The van der Waals surface area contributed by atoms with Gasteiger partial charge >= 0.3 is 0 Å². The summed E-state index contributed by atoms with van der Waals surface area (Å²) in [5.41, 5.74) is 1.59. The van der Waals surface area contributed by atoms with Gasteiger partial charge in [0, 0.05) is 28.5 Å². The van der Waals surface area contributed by atoms with E-state index in [0.29, 0.717) is 16.8 Å². The molecule has 1 aromatic heterocycles. The summed E-state index contributed by atoms with van der Waals surface area (Å²) in [7, 11) is -3.69. The minimum absolute atomic E-state index is 0.0291. The molecule has 0 saturated carbocycles. The van der Waals surface area contributed by atoms with Gasteiger partial charge in [-0.05, 0) is 67.8 Å². The Morgan fingerprint density at radius 1 is 0.867 bits per heavy atom. The van der Waals surface area contributed by atoms with Crippen molar-refractivity contribution in [2.45, 2.75) is 24.1 Å². The summed E-state index contributed by atoms with van der Waals surface area (Å²) < 4.78 is 27.4. The van der Waals surface area contributed by atoms with Crippen molar-refractivity contribution in [3.63, 3.8) is 0 Å². The van der Waals surface area contributed by atoms with E-state index in [1.807, 2.05) is 13.8 Å². The van der Waals surface area contributed by atoms with Gasteiger partial charge in [0.25, 0.3) is 21.8 Å². The molecular formula is C21H21N3O4S2. The number of hydrogen-bond donors (Lipinski definition) is 3. The van der Waals surface area contributed by atoms with Crippen LogP contribution in [0.5, 0.6) is 0 Å². The first kappa shape index (κ1) is 21.5. The second kappa shape index (κ2) is 9.10. The van der Waals surface area contributed by atoms with Gasteiger partial charge in [-0.1, -0.05) is 12.1 Å². The van der Waals surface area contributed by atoms with Crippen LogP contribution < -0.4 is 15.4 Å². The maximum Gasteiger partial charge on any atom is 0.271 e. The summed E-state index contributed by atoms with van der Waals surface area (Å²) in [6, 6.07) is 15.9. The Bertz CT molecular complexity index is 1140. The fourth-order valence-electron chi connectivity index (χ4n) is 2.60. The molecule has 3 N–H and O–H groups in total. The fraction of sp³-hybridized carbons (Fsp3) is 0.143. The van der Waals surface area contributed by atoms with Gasteiger partial charge in [-0.3, -0.25) is 14.3 Å². The van der Waals surface area contributed by atoms with Crippen LogP contribution in [-0.4, -0.2) is 26.3 Å². The zero-order valence-electron chi connectivity index (χ0n) is 16.4. The fourth-order valence-corrected chi connectivity index (χ4v) is 4.64. The number of sulfonamides is 1. The molecule has 30 heavy (non-hydrogen) atoms. The Balaban J connectivity index is 1.69. The first-order valence-electron chi connectivity index (χ1n) is 9.13. The summed E-state index contributed by atoms with van der Waals surface area (Å²) >= 11 is 1.11. The highest BCUT2D eigenvalue weighted by molar-refractivity contribution is 7.94. The van der Waals surface area contributed by atoms with Gasteiger partial charge in [0.2, 0.25) is 0 Å². The molecule has 0 aliphatic rings. The molecule has 7 nitrogen and oxygen atoms in total. The van der Waals surface area contributed by atoms with Crippen molar-refractivity contribution >= 4 is 44.5 Å². The third-order valence-electron chi connectivity index (χ3n) is 3.96. The van der Waals surface area contributed by atoms with Gasteiger partial charge in [0.1, 0.15) is 4.21 Å². The van der Waals surface area contributed by atoms with E-state index in [4.69, 9.17) is 0 Å². The SMILES string of the molecule is CC(C)NC(=O)c1ccc(NC(=O)c2cccc(NS(=O)(=O)c3cccs3)c2)cc1. The molecule has 0 unspecified atom stereocenters. The van der Waals surface area contributed by atoms with Gasteiger partial charge in [-0.25, -0.2) is 8.42 Å². The summed E-state index contributed by atoms with van der Waals surface area (Å²) in [5, 5.41) is 7.21. The van der Waals surface area contributed by atoms with Gasteiger partial charge in [0.05, 0.1) is 0 Å². The molecular weight excluding hydrogens is 422 g/mol. The van der Waals surface area contributed by atoms with Crippen molar-refractivity contribution in [2.75, 3.05) is 10.0 Å². The molecule has 3 aromatic rings. The normalized spacial score (nSPS) is 11.2. The monoisotopic (exact) mass is 443 g/mol. The van der Waals surface area contributed by atoms with Crippen LogP contribution in [-0.2, 0) is 10.0 Å². The number of nitrogens with one attached hydrogen (secondary N) is 3. The van der Waals surface area contributed by atoms with Gasteiger partial charge in [-0.2, -0.15) is 0 Å². The van der Waals surface area contributed by atoms with Crippen molar-refractivity contribution in [3.05, 3.63) is 77.2 Å². The number of thiophene rings is 1. The van der Waals surface area contributed by atoms with Gasteiger partial charge < -0.3 is 10.6 Å². The van der Waals surface area contributed by atoms with Crippen LogP contribution in [0.25, 0.3) is 0 Å². The van der Waals surface area contributed by atoms with Crippen molar-refractivity contribution in [2.24, 2.45) is 0 Å². The zero-order valence-corrected chi connectivity index (χ0v) is 18.0. The van der Waals surface area contributed by atoms with Crippen LogP contribution >= 0.6 is 11.3 Å².